The van der Waals surface area contributed by atoms with Crippen LogP contribution in [0, 0.1) is 11.8 Å². The van der Waals surface area contributed by atoms with Gasteiger partial charge in [0.2, 0.25) is 0 Å². The van der Waals surface area contributed by atoms with Crippen LogP contribution in [0.5, 0.6) is 0 Å². The fourth-order valence-corrected chi connectivity index (χ4v) is 4.75. The molecule has 0 radical (unpaired) electrons. The van der Waals surface area contributed by atoms with E-state index in [-0.39, 0.29) is 37.1 Å². The first-order chi connectivity index (χ1) is 16.4. The van der Waals surface area contributed by atoms with Crippen LogP contribution in [0.1, 0.15) is 82.2 Å². The van der Waals surface area contributed by atoms with Gasteiger partial charge in [-0.2, -0.15) is 0 Å². The largest absolute Gasteiger partial charge is 0.394 e. The van der Waals surface area contributed by atoms with Gasteiger partial charge in [-0.15, -0.1) is 5.10 Å². The van der Waals surface area contributed by atoms with Crippen LogP contribution in [0.3, 0.4) is 0 Å². The predicted molar refractivity (Wildman–Crippen MR) is 129 cm³/mol. The molecule has 184 valence electrons. The molecule has 0 saturated carbocycles. The first kappa shape index (κ1) is 24.9. The summed E-state index contributed by atoms with van der Waals surface area (Å²) in [5, 5.41) is 28.5. The van der Waals surface area contributed by atoms with E-state index in [0.717, 1.165) is 50.5 Å². The van der Waals surface area contributed by atoms with Gasteiger partial charge in [0.25, 0.3) is 0 Å². The molecule has 5 atom stereocenters. The Hall–Kier alpha value is -2.24. The number of fused-ring (bicyclic) bond motifs is 1. The number of aryl methyl sites for hydroxylation is 1. The molecule has 34 heavy (non-hydrogen) atoms. The molecule has 2 aliphatic rings. The second kappa shape index (κ2) is 11.0. The Morgan fingerprint density at radius 1 is 1.15 bits per heavy atom. The molecule has 7 heteroatoms. The summed E-state index contributed by atoms with van der Waals surface area (Å²) in [5.74, 6) is 6.41. The van der Waals surface area contributed by atoms with Crippen LogP contribution in [0.4, 0.5) is 0 Å². The normalized spacial score (nSPS) is 27.0. The maximum atomic E-state index is 10.4. The van der Waals surface area contributed by atoms with Gasteiger partial charge >= 0.3 is 0 Å². The van der Waals surface area contributed by atoms with Crippen molar-refractivity contribution in [2.75, 3.05) is 6.61 Å². The average Bonchev–Trinajstić information content (AvgIpc) is 3.34. The van der Waals surface area contributed by atoms with Crippen LogP contribution < -0.4 is 0 Å². The van der Waals surface area contributed by atoms with Crippen LogP contribution in [0.25, 0.3) is 0 Å². The van der Waals surface area contributed by atoms with E-state index in [2.05, 4.69) is 53.3 Å². The average molecular weight is 468 g/mol. The second-order valence-electron chi connectivity index (χ2n) is 10.0. The number of unbranched alkanes of at least 4 members (excludes halogenated alkanes) is 1. The maximum absolute atomic E-state index is 10.4. The first-order valence-corrected chi connectivity index (χ1v) is 12.5. The zero-order chi connectivity index (χ0) is 24.1. The molecule has 7 nitrogen and oxygen atoms in total. The minimum absolute atomic E-state index is 0.0255. The number of aliphatic hydroxyl groups excluding tert-OH is 1. The summed E-state index contributed by atoms with van der Waals surface area (Å²) in [4.78, 5) is 0. The lowest BCUT2D eigenvalue weighted by Gasteiger charge is -2.45. The number of ether oxygens (including phenoxy) is 2. The standard InChI is InChI=1S/C27H37N3O4/c1-4-5-6-7-19-8-10-20(11-9-19)12-14-23-22(30-17-26(28-29-30)27(2,3)32)16-25-24(34-23)15-13-21(18-31)33-25/h8-11,17,21-25,31-32H,4-5,12-16,18H2,1-3H3/t21-,22-,23-,24+,25+/m1/s1. The Labute approximate surface area is 202 Å². The van der Waals surface area contributed by atoms with E-state index in [1.165, 1.54) is 5.56 Å². The van der Waals surface area contributed by atoms with Crippen molar-refractivity contribution in [3.63, 3.8) is 0 Å². The number of hydrogen-bond acceptors (Lipinski definition) is 6. The molecule has 2 aliphatic heterocycles. The van der Waals surface area contributed by atoms with Gasteiger partial charge < -0.3 is 19.7 Å². The van der Waals surface area contributed by atoms with Crippen LogP contribution in [0.15, 0.2) is 30.5 Å². The third-order valence-electron chi connectivity index (χ3n) is 6.77. The fourth-order valence-electron chi connectivity index (χ4n) is 4.75. The monoisotopic (exact) mass is 467 g/mol. The minimum atomic E-state index is -1.06. The lowest BCUT2D eigenvalue weighted by atomic mass is 9.88. The zero-order valence-electron chi connectivity index (χ0n) is 20.5. The van der Waals surface area contributed by atoms with E-state index in [4.69, 9.17) is 9.47 Å². The van der Waals surface area contributed by atoms with Crippen LogP contribution >= 0.6 is 0 Å². The molecule has 1 aromatic carbocycles. The topological polar surface area (TPSA) is 89.6 Å². The van der Waals surface area contributed by atoms with Crippen molar-refractivity contribution >= 4 is 0 Å². The van der Waals surface area contributed by atoms with Gasteiger partial charge in [0, 0.05) is 18.4 Å². The van der Waals surface area contributed by atoms with Gasteiger partial charge in [0.05, 0.1) is 43.3 Å². The van der Waals surface area contributed by atoms with Crippen molar-refractivity contribution in [1.82, 2.24) is 15.0 Å². The Balaban J connectivity index is 1.48. The third-order valence-corrected chi connectivity index (χ3v) is 6.77. The van der Waals surface area contributed by atoms with Crippen molar-refractivity contribution < 1.29 is 19.7 Å². The smallest absolute Gasteiger partial charge is 0.114 e. The van der Waals surface area contributed by atoms with Gasteiger partial charge in [-0.25, -0.2) is 4.68 Å². The lowest BCUT2D eigenvalue weighted by molar-refractivity contribution is -0.209. The van der Waals surface area contributed by atoms with Gasteiger partial charge in [0.15, 0.2) is 0 Å². The highest BCUT2D eigenvalue weighted by atomic mass is 16.6. The van der Waals surface area contributed by atoms with Gasteiger partial charge in [-0.05, 0) is 63.6 Å². The quantitative estimate of drug-likeness (QED) is 0.606. The number of hydrogen-bond donors (Lipinski definition) is 2. The summed E-state index contributed by atoms with van der Waals surface area (Å²) in [6, 6.07) is 8.41. The highest BCUT2D eigenvalue weighted by Gasteiger charge is 2.43. The van der Waals surface area contributed by atoms with E-state index in [0.29, 0.717) is 5.69 Å². The molecule has 2 N–H and O–H groups in total. The number of aromatic nitrogens is 3. The molecule has 2 saturated heterocycles. The molecular weight excluding hydrogens is 430 g/mol. The summed E-state index contributed by atoms with van der Waals surface area (Å²) >= 11 is 0. The van der Waals surface area contributed by atoms with E-state index in [9.17, 15) is 10.2 Å². The number of rotatable bonds is 7. The SMILES string of the molecule is CCCC#Cc1ccc(CC[C@H]2O[C@H]3CC[C@H](CO)O[C@H]3C[C@H]2n2cc(C(C)(C)O)nn2)cc1. The Bertz CT molecular complexity index is 986. The molecule has 2 fully saturated rings. The van der Waals surface area contributed by atoms with Crippen LogP contribution in [0.2, 0.25) is 0 Å². The second-order valence-corrected chi connectivity index (χ2v) is 10.0. The van der Waals surface area contributed by atoms with Gasteiger partial charge in [0.1, 0.15) is 11.3 Å². The summed E-state index contributed by atoms with van der Waals surface area (Å²) < 4.78 is 14.5. The highest BCUT2D eigenvalue weighted by Crippen LogP contribution is 2.38. The fraction of sp³-hybridized carbons (Fsp3) is 0.630. The Morgan fingerprint density at radius 2 is 1.94 bits per heavy atom. The van der Waals surface area contributed by atoms with Crippen molar-refractivity contribution in [3.05, 3.63) is 47.3 Å². The van der Waals surface area contributed by atoms with E-state index in [1.807, 2.05) is 10.9 Å². The molecule has 3 heterocycles. The third kappa shape index (κ3) is 6.05. The molecular formula is C27H37N3O4. The van der Waals surface area contributed by atoms with Crippen molar-refractivity contribution in [2.45, 2.75) is 102 Å². The number of benzene rings is 1. The Morgan fingerprint density at radius 3 is 2.62 bits per heavy atom. The zero-order valence-corrected chi connectivity index (χ0v) is 20.5. The van der Waals surface area contributed by atoms with Gasteiger partial charge in [-0.1, -0.05) is 36.1 Å². The van der Waals surface area contributed by atoms with E-state index < -0.39 is 5.60 Å². The molecule has 0 aliphatic carbocycles. The Kier molecular flexibility index (Phi) is 8.05. The lowest BCUT2D eigenvalue weighted by Crippen LogP contribution is -2.51. The summed E-state index contributed by atoms with van der Waals surface area (Å²) in [6.45, 7) is 5.58. The molecule has 0 spiro atoms. The van der Waals surface area contributed by atoms with Crippen molar-refractivity contribution in [2.24, 2.45) is 0 Å². The summed E-state index contributed by atoms with van der Waals surface area (Å²) in [7, 11) is 0. The molecule has 0 amide bonds. The summed E-state index contributed by atoms with van der Waals surface area (Å²) in [5.41, 5.74) is 1.77. The van der Waals surface area contributed by atoms with Crippen molar-refractivity contribution in [3.8, 4) is 11.8 Å². The maximum Gasteiger partial charge on any atom is 0.114 e. The molecule has 2 aromatic rings. The van der Waals surface area contributed by atoms with Crippen LogP contribution in [-0.4, -0.2) is 56.2 Å². The molecule has 0 unspecified atom stereocenters. The van der Waals surface area contributed by atoms with Gasteiger partial charge in [-0.3, -0.25) is 0 Å². The van der Waals surface area contributed by atoms with E-state index >= 15 is 0 Å². The van der Waals surface area contributed by atoms with Crippen LogP contribution in [-0.2, 0) is 21.5 Å². The first-order valence-electron chi connectivity index (χ1n) is 12.5. The predicted octanol–water partition coefficient (Wildman–Crippen LogP) is 3.53. The number of aliphatic hydroxyl groups is 2. The van der Waals surface area contributed by atoms with E-state index in [1.54, 1.807) is 13.8 Å². The van der Waals surface area contributed by atoms with Crippen molar-refractivity contribution in [1.29, 1.82) is 0 Å². The minimum Gasteiger partial charge on any atom is -0.394 e. The highest BCUT2D eigenvalue weighted by molar-refractivity contribution is 5.36. The summed E-state index contributed by atoms with van der Waals surface area (Å²) in [6.07, 6.45) is 7.74. The molecule has 1 aromatic heterocycles. The molecule has 4 rings (SSSR count). The number of nitrogens with zero attached hydrogens (tertiary/aromatic N) is 3. The molecule has 0 bridgehead atoms.